The first-order valence-electron chi connectivity index (χ1n) is 8.84. The Labute approximate surface area is 160 Å². The van der Waals surface area contributed by atoms with Crippen LogP contribution in [0.3, 0.4) is 0 Å². The highest BCUT2D eigenvalue weighted by Gasteiger charge is 2.29. The number of methoxy groups -OCH3 is 1. The van der Waals surface area contributed by atoms with E-state index >= 15 is 0 Å². The van der Waals surface area contributed by atoms with Crippen LogP contribution in [0.5, 0.6) is 5.75 Å². The molecule has 1 aliphatic rings. The molecule has 5 rings (SSSR count). The number of ether oxygens (including phenoxy) is 1. The SMILES string of the molecule is COc1ccc(C2Nc3ccccc3-c3c(C(N)=O)nnc4[nH]cc2c34)cc1. The number of carbonyl (C=O) groups is 1. The van der Waals surface area contributed by atoms with Crippen LogP contribution in [0.4, 0.5) is 5.69 Å². The Balaban J connectivity index is 1.83. The molecule has 138 valence electrons. The maximum Gasteiger partial charge on any atom is 0.269 e. The van der Waals surface area contributed by atoms with Gasteiger partial charge in [0.15, 0.2) is 11.3 Å². The third-order valence-electron chi connectivity index (χ3n) is 5.12. The van der Waals surface area contributed by atoms with Gasteiger partial charge in [0.2, 0.25) is 0 Å². The number of nitrogens with two attached hydrogens (primary N) is 1. The highest BCUT2D eigenvalue weighted by molar-refractivity contribution is 6.10. The number of aromatic amines is 1. The molecule has 4 N–H and O–H groups in total. The molecule has 2 aromatic carbocycles. The van der Waals surface area contributed by atoms with Crippen molar-refractivity contribution in [2.24, 2.45) is 5.73 Å². The van der Waals surface area contributed by atoms with E-state index in [0.29, 0.717) is 11.2 Å². The van der Waals surface area contributed by atoms with Gasteiger partial charge in [-0.1, -0.05) is 30.3 Å². The van der Waals surface area contributed by atoms with Crippen LogP contribution in [0.1, 0.15) is 27.7 Å². The number of benzene rings is 2. The van der Waals surface area contributed by atoms with E-state index in [2.05, 4.69) is 20.5 Å². The number of H-pyrrole nitrogens is 1. The number of nitrogens with one attached hydrogen (secondary N) is 2. The van der Waals surface area contributed by atoms with Crippen LogP contribution >= 0.6 is 0 Å². The molecular weight excluding hydrogens is 354 g/mol. The first-order valence-corrected chi connectivity index (χ1v) is 8.84. The summed E-state index contributed by atoms with van der Waals surface area (Å²) >= 11 is 0. The van der Waals surface area contributed by atoms with Gasteiger partial charge in [-0.2, -0.15) is 0 Å². The Morgan fingerprint density at radius 3 is 2.64 bits per heavy atom. The monoisotopic (exact) mass is 371 g/mol. The first kappa shape index (κ1) is 16.3. The highest BCUT2D eigenvalue weighted by Crippen LogP contribution is 2.44. The van der Waals surface area contributed by atoms with Gasteiger partial charge in [0.05, 0.1) is 13.2 Å². The molecule has 0 aliphatic carbocycles. The summed E-state index contributed by atoms with van der Waals surface area (Å²) in [5.41, 5.74) is 10.9. The zero-order valence-corrected chi connectivity index (χ0v) is 15.1. The molecular formula is C21H17N5O2. The quantitative estimate of drug-likeness (QED) is 0.513. The van der Waals surface area contributed by atoms with Crippen LogP contribution in [-0.2, 0) is 0 Å². The van der Waals surface area contributed by atoms with Crippen LogP contribution in [0.15, 0.2) is 54.7 Å². The number of hydrogen-bond donors (Lipinski definition) is 3. The van der Waals surface area contributed by atoms with E-state index in [1.807, 2.05) is 54.7 Å². The summed E-state index contributed by atoms with van der Waals surface area (Å²) in [7, 11) is 1.64. The Hall–Kier alpha value is -3.87. The van der Waals surface area contributed by atoms with Gasteiger partial charge in [-0.3, -0.25) is 4.79 Å². The fraction of sp³-hybridized carbons (Fsp3) is 0.0952. The van der Waals surface area contributed by atoms with Crippen molar-refractivity contribution in [2.75, 3.05) is 12.4 Å². The van der Waals surface area contributed by atoms with E-state index in [9.17, 15) is 4.79 Å². The number of fused-ring (bicyclic) bond motifs is 2. The minimum Gasteiger partial charge on any atom is -0.497 e. The molecule has 3 heterocycles. The molecule has 7 nitrogen and oxygen atoms in total. The standard InChI is InChI=1S/C21H17N5O2/c1-28-12-8-6-11(7-9-12)18-14-10-23-21-17(14)16(19(20(22)27)25-26-21)13-4-2-3-5-15(13)24-18/h2-10,18,24H,1H3,(H2,22,27)(H,23,26). The van der Waals surface area contributed by atoms with Gasteiger partial charge in [-0.05, 0) is 23.8 Å². The third kappa shape index (κ3) is 2.33. The number of anilines is 1. The maximum atomic E-state index is 12.1. The second kappa shape index (κ2) is 6.09. The Morgan fingerprint density at radius 2 is 1.89 bits per heavy atom. The first-order chi connectivity index (χ1) is 13.7. The van der Waals surface area contributed by atoms with E-state index in [-0.39, 0.29) is 11.7 Å². The lowest BCUT2D eigenvalue weighted by Gasteiger charge is -2.19. The summed E-state index contributed by atoms with van der Waals surface area (Å²) < 4.78 is 5.28. The van der Waals surface area contributed by atoms with Crippen molar-refractivity contribution in [3.8, 4) is 16.9 Å². The predicted molar refractivity (Wildman–Crippen MR) is 106 cm³/mol. The van der Waals surface area contributed by atoms with Gasteiger partial charge in [0.25, 0.3) is 5.91 Å². The van der Waals surface area contributed by atoms with Gasteiger partial charge in [0, 0.05) is 34.0 Å². The van der Waals surface area contributed by atoms with Gasteiger partial charge in [-0.25, -0.2) is 0 Å². The Kier molecular flexibility index (Phi) is 3.55. The minimum absolute atomic E-state index is 0.146. The van der Waals surface area contributed by atoms with Gasteiger partial charge >= 0.3 is 0 Å². The molecule has 1 atom stereocenters. The van der Waals surface area contributed by atoms with E-state index < -0.39 is 5.91 Å². The van der Waals surface area contributed by atoms with Crippen molar-refractivity contribution < 1.29 is 9.53 Å². The van der Waals surface area contributed by atoms with E-state index in [0.717, 1.165) is 33.5 Å². The fourth-order valence-corrected chi connectivity index (χ4v) is 3.82. The number of aromatic nitrogens is 3. The lowest BCUT2D eigenvalue weighted by molar-refractivity contribution is 0.0995. The molecule has 0 saturated heterocycles. The normalized spacial score (nSPS) is 14.8. The average Bonchev–Trinajstić information content (AvgIpc) is 3.09. The molecule has 1 amide bonds. The number of primary amides is 1. The van der Waals surface area contributed by atoms with Gasteiger partial charge in [0.1, 0.15) is 5.75 Å². The van der Waals surface area contributed by atoms with Crippen molar-refractivity contribution in [1.29, 1.82) is 0 Å². The highest BCUT2D eigenvalue weighted by atomic mass is 16.5. The predicted octanol–water partition coefficient (Wildman–Crippen LogP) is 3.25. The lowest BCUT2D eigenvalue weighted by atomic mass is 9.95. The van der Waals surface area contributed by atoms with Crippen LogP contribution in [0.2, 0.25) is 0 Å². The average molecular weight is 371 g/mol. The number of hydrogen-bond acceptors (Lipinski definition) is 5. The molecule has 1 unspecified atom stereocenters. The number of rotatable bonds is 3. The molecule has 2 aromatic heterocycles. The molecule has 0 bridgehead atoms. The van der Waals surface area contributed by atoms with Crippen LogP contribution in [0, 0.1) is 0 Å². The zero-order chi connectivity index (χ0) is 19.3. The van der Waals surface area contributed by atoms with E-state index in [4.69, 9.17) is 10.5 Å². The second-order valence-corrected chi connectivity index (χ2v) is 6.65. The van der Waals surface area contributed by atoms with Crippen LogP contribution in [0.25, 0.3) is 22.2 Å². The summed E-state index contributed by atoms with van der Waals surface area (Å²) in [5.74, 6) is 0.188. The van der Waals surface area contributed by atoms with Crippen molar-refractivity contribution in [3.63, 3.8) is 0 Å². The number of para-hydroxylation sites is 1. The third-order valence-corrected chi connectivity index (χ3v) is 5.12. The summed E-state index contributed by atoms with van der Waals surface area (Å²) in [6.07, 6.45) is 1.90. The molecule has 0 spiro atoms. The minimum atomic E-state index is -0.603. The van der Waals surface area contributed by atoms with E-state index in [1.54, 1.807) is 7.11 Å². The summed E-state index contributed by atoms with van der Waals surface area (Å²) in [5, 5.41) is 12.7. The Morgan fingerprint density at radius 1 is 1.11 bits per heavy atom. The van der Waals surface area contributed by atoms with Crippen molar-refractivity contribution >= 4 is 22.6 Å². The molecule has 1 aliphatic heterocycles. The van der Waals surface area contributed by atoms with Gasteiger partial charge < -0.3 is 20.8 Å². The number of carbonyl (C=O) groups excluding carboxylic acids is 1. The smallest absolute Gasteiger partial charge is 0.269 e. The largest absolute Gasteiger partial charge is 0.497 e. The maximum absolute atomic E-state index is 12.1. The molecule has 0 radical (unpaired) electrons. The molecule has 0 saturated carbocycles. The van der Waals surface area contributed by atoms with E-state index in [1.165, 1.54) is 0 Å². The second-order valence-electron chi connectivity index (χ2n) is 6.65. The topological polar surface area (TPSA) is 106 Å². The summed E-state index contributed by atoms with van der Waals surface area (Å²) in [6.45, 7) is 0. The number of nitrogens with zero attached hydrogens (tertiary/aromatic N) is 2. The summed E-state index contributed by atoms with van der Waals surface area (Å²) in [4.78, 5) is 15.3. The lowest BCUT2D eigenvalue weighted by Crippen LogP contribution is -2.15. The zero-order valence-electron chi connectivity index (χ0n) is 15.1. The van der Waals surface area contributed by atoms with Crippen molar-refractivity contribution in [1.82, 2.24) is 15.2 Å². The van der Waals surface area contributed by atoms with Crippen molar-refractivity contribution in [2.45, 2.75) is 6.04 Å². The molecule has 0 fully saturated rings. The number of amides is 1. The Bertz CT molecular complexity index is 1210. The fourth-order valence-electron chi connectivity index (χ4n) is 3.82. The molecule has 7 heteroatoms. The van der Waals surface area contributed by atoms with Gasteiger partial charge in [-0.15, -0.1) is 10.2 Å². The van der Waals surface area contributed by atoms with Crippen molar-refractivity contribution in [3.05, 3.63) is 71.5 Å². The molecule has 4 aromatic rings. The van der Waals surface area contributed by atoms with Crippen LogP contribution in [-0.4, -0.2) is 28.2 Å². The van der Waals surface area contributed by atoms with Crippen LogP contribution < -0.4 is 15.8 Å². The molecule has 28 heavy (non-hydrogen) atoms. The summed E-state index contributed by atoms with van der Waals surface area (Å²) in [6, 6.07) is 15.6.